The number of benzene rings is 2. The fourth-order valence-electron chi connectivity index (χ4n) is 2.21. The minimum Gasteiger partial charge on any atom is -0.497 e. The van der Waals surface area contributed by atoms with Gasteiger partial charge < -0.3 is 10.1 Å². The van der Waals surface area contributed by atoms with Gasteiger partial charge in [0.25, 0.3) is 5.43 Å². The van der Waals surface area contributed by atoms with Crippen molar-refractivity contribution in [1.82, 2.24) is 0 Å². The smallest absolute Gasteiger partial charge is 0.250 e. The van der Waals surface area contributed by atoms with Crippen molar-refractivity contribution in [2.24, 2.45) is 0 Å². The van der Waals surface area contributed by atoms with E-state index >= 15 is 0 Å². The average molecular weight is 279 g/mol. The Morgan fingerprint density at radius 1 is 0.857 bits per heavy atom. The summed E-state index contributed by atoms with van der Waals surface area (Å²) in [5.41, 5.74) is 1.34. The average Bonchev–Trinajstić information content (AvgIpc) is 2.55. The van der Waals surface area contributed by atoms with E-state index in [1.807, 2.05) is 30.3 Å². The number of nitrogens with one attached hydrogen (secondary N) is 1. The molecule has 0 fully saturated rings. The van der Waals surface area contributed by atoms with E-state index in [2.05, 4.69) is 5.32 Å². The molecular weight excluding hydrogens is 266 g/mol. The molecule has 0 saturated heterocycles. The van der Waals surface area contributed by atoms with Gasteiger partial charge in [0.05, 0.1) is 12.7 Å². The summed E-state index contributed by atoms with van der Waals surface area (Å²) in [6, 6.07) is 16.3. The Balaban J connectivity index is 1.95. The third kappa shape index (κ3) is 2.31. The highest BCUT2D eigenvalue weighted by atomic mass is 16.5. The lowest BCUT2D eigenvalue weighted by atomic mass is 9.98. The summed E-state index contributed by atoms with van der Waals surface area (Å²) < 4.78 is 5.08. The van der Waals surface area contributed by atoms with Gasteiger partial charge in [-0.1, -0.05) is 30.3 Å². The molecule has 0 bridgehead atoms. The standard InChI is InChI=1S/C17H13NO3/c1-21-13-9-7-12(8-10-13)18-15-14(16(19)17(15)20)11-5-3-2-4-6-11/h2-10,18H,1H3. The number of anilines is 2. The molecule has 0 unspecified atom stereocenters. The van der Waals surface area contributed by atoms with Crippen molar-refractivity contribution in [1.29, 1.82) is 0 Å². The molecule has 0 atom stereocenters. The number of ether oxygens (including phenoxy) is 1. The second kappa shape index (κ2) is 5.25. The monoisotopic (exact) mass is 279 g/mol. The van der Waals surface area contributed by atoms with Crippen LogP contribution in [0.25, 0.3) is 11.1 Å². The van der Waals surface area contributed by atoms with E-state index in [1.165, 1.54) is 0 Å². The maximum atomic E-state index is 11.8. The first kappa shape index (κ1) is 13.1. The van der Waals surface area contributed by atoms with Gasteiger partial charge in [-0.2, -0.15) is 0 Å². The largest absolute Gasteiger partial charge is 0.497 e. The van der Waals surface area contributed by atoms with Gasteiger partial charge in [-0.25, -0.2) is 0 Å². The summed E-state index contributed by atoms with van der Waals surface area (Å²) in [6.07, 6.45) is 0. The zero-order valence-electron chi connectivity index (χ0n) is 11.4. The van der Waals surface area contributed by atoms with Crippen molar-refractivity contribution in [2.45, 2.75) is 0 Å². The van der Waals surface area contributed by atoms with Gasteiger partial charge in [0.15, 0.2) is 0 Å². The van der Waals surface area contributed by atoms with E-state index in [0.29, 0.717) is 11.3 Å². The summed E-state index contributed by atoms with van der Waals surface area (Å²) in [4.78, 5) is 23.6. The van der Waals surface area contributed by atoms with Crippen LogP contribution in [0.5, 0.6) is 5.75 Å². The zero-order chi connectivity index (χ0) is 14.8. The van der Waals surface area contributed by atoms with Crippen molar-refractivity contribution in [3.05, 3.63) is 75.0 Å². The normalized spacial score (nSPS) is 10.5. The predicted octanol–water partition coefficient (Wildman–Crippen LogP) is 2.70. The van der Waals surface area contributed by atoms with Crippen molar-refractivity contribution >= 4 is 11.4 Å². The highest BCUT2D eigenvalue weighted by Crippen LogP contribution is 2.26. The topological polar surface area (TPSA) is 55.4 Å². The molecule has 104 valence electrons. The highest BCUT2D eigenvalue weighted by molar-refractivity contribution is 5.84. The SMILES string of the molecule is COc1ccc(Nc2c(-c3ccccc3)c(=O)c2=O)cc1. The molecule has 0 radical (unpaired) electrons. The van der Waals surface area contributed by atoms with Gasteiger partial charge in [-0.15, -0.1) is 0 Å². The molecule has 0 saturated carbocycles. The Morgan fingerprint density at radius 3 is 2.14 bits per heavy atom. The molecule has 3 aromatic rings. The van der Waals surface area contributed by atoms with Crippen LogP contribution in [0.1, 0.15) is 0 Å². The first-order chi connectivity index (χ1) is 10.2. The quantitative estimate of drug-likeness (QED) is 0.746. The molecule has 4 heteroatoms. The van der Waals surface area contributed by atoms with Crippen molar-refractivity contribution < 1.29 is 4.74 Å². The van der Waals surface area contributed by atoms with Gasteiger partial charge in [0, 0.05) is 5.69 Å². The molecule has 0 aliphatic carbocycles. The summed E-state index contributed by atoms with van der Waals surface area (Å²) >= 11 is 0. The number of methoxy groups -OCH3 is 1. The Kier molecular flexibility index (Phi) is 3.28. The lowest BCUT2D eigenvalue weighted by Crippen LogP contribution is -2.35. The Bertz CT molecular complexity index is 829. The van der Waals surface area contributed by atoms with E-state index in [1.54, 1.807) is 31.4 Å². The van der Waals surface area contributed by atoms with E-state index in [0.717, 1.165) is 17.0 Å². The summed E-state index contributed by atoms with van der Waals surface area (Å²) in [5, 5.41) is 3.01. The highest BCUT2D eigenvalue weighted by Gasteiger charge is 2.22. The van der Waals surface area contributed by atoms with Crippen molar-refractivity contribution in [2.75, 3.05) is 12.4 Å². The fourth-order valence-corrected chi connectivity index (χ4v) is 2.21. The summed E-state index contributed by atoms with van der Waals surface area (Å²) in [7, 11) is 1.59. The van der Waals surface area contributed by atoms with Crippen LogP contribution in [0.2, 0.25) is 0 Å². The van der Waals surface area contributed by atoms with E-state index in [4.69, 9.17) is 4.74 Å². The van der Waals surface area contributed by atoms with Crippen LogP contribution < -0.4 is 20.9 Å². The molecule has 0 aromatic heterocycles. The number of rotatable bonds is 4. The third-order valence-corrected chi connectivity index (χ3v) is 3.33. The van der Waals surface area contributed by atoms with Crippen LogP contribution in [0, 0.1) is 0 Å². The maximum Gasteiger partial charge on any atom is 0.250 e. The Labute approximate surface area is 121 Å². The van der Waals surface area contributed by atoms with Crippen LogP contribution in [0.3, 0.4) is 0 Å². The Hall–Kier alpha value is -2.88. The van der Waals surface area contributed by atoms with E-state index in [-0.39, 0.29) is 0 Å². The molecular formula is C17H13NO3. The summed E-state index contributed by atoms with van der Waals surface area (Å²) in [6.45, 7) is 0. The van der Waals surface area contributed by atoms with Gasteiger partial charge >= 0.3 is 0 Å². The second-order valence-electron chi connectivity index (χ2n) is 4.63. The Morgan fingerprint density at radius 2 is 1.52 bits per heavy atom. The first-order valence-electron chi connectivity index (χ1n) is 6.50. The zero-order valence-corrected chi connectivity index (χ0v) is 11.4. The van der Waals surface area contributed by atoms with Gasteiger partial charge in [0.2, 0.25) is 5.43 Å². The molecule has 3 aromatic carbocycles. The fraction of sp³-hybridized carbons (Fsp3) is 0.0588. The molecule has 4 nitrogen and oxygen atoms in total. The maximum absolute atomic E-state index is 11.8. The molecule has 1 N–H and O–H groups in total. The first-order valence-corrected chi connectivity index (χ1v) is 6.50. The van der Waals surface area contributed by atoms with E-state index in [9.17, 15) is 9.59 Å². The lowest BCUT2D eigenvalue weighted by molar-refractivity contribution is 0.415. The van der Waals surface area contributed by atoms with Gasteiger partial charge in [-0.3, -0.25) is 9.59 Å². The minimum absolute atomic E-state index is 0.344. The van der Waals surface area contributed by atoms with Crippen LogP contribution in [0.4, 0.5) is 11.4 Å². The van der Waals surface area contributed by atoms with Crippen LogP contribution in [0.15, 0.2) is 64.2 Å². The van der Waals surface area contributed by atoms with Crippen molar-refractivity contribution in [3.63, 3.8) is 0 Å². The minimum atomic E-state index is -0.482. The van der Waals surface area contributed by atoms with Gasteiger partial charge in [-0.05, 0) is 29.8 Å². The molecule has 0 aliphatic rings. The van der Waals surface area contributed by atoms with Crippen LogP contribution >= 0.6 is 0 Å². The lowest BCUT2D eigenvalue weighted by Gasteiger charge is -2.13. The van der Waals surface area contributed by atoms with Crippen molar-refractivity contribution in [3.8, 4) is 16.9 Å². The van der Waals surface area contributed by atoms with Gasteiger partial charge in [0.1, 0.15) is 11.4 Å². The molecule has 0 spiro atoms. The number of hydrogen-bond donors (Lipinski definition) is 1. The summed E-state index contributed by atoms with van der Waals surface area (Å²) in [5.74, 6) is 0.730. The van der Waals surface area contributed by atoms with Crippen LogP contribution in [-0.2, 0) is 0 Å². The van der Waals surface area contributed by atoms with Crippen LogP contribution in [-0.4, -0.2) is 7.11 Å². The molecule has 21 heavy (non-hydrogen) atoms. The second-order valence-corrected chi connectivity index (χ2v) is 4.63. The molecule has 3 rings (SSSR count). The predicted molar refractivity (Wildman–Crippen MR) is 83.1 cm³/mol. The number of hydrogen-bond acceptors (Lipinski definition) is 4. The molecule has 0 aliphatic heterocycles. The molecule has 0 heterocycles. The van der Waals surface area contributed by atoms with E-state index < -0.39 is 10.9 Å². The molecule has 0 amide bonds. The third-order valence-electron chi connectivity index (χ3n) is 3.33.